The predicted octanol–water partition coefficient (Wildman–Crippen LogP) is -0.207. The molecule has 0 aliphatic heterocycles. The van der Waals surface area contributed by atoms with Crippen LogP contribution in [0.3, 0.4) is 0 Å². The Balaban J connectivity index is 3.09. The molecule has 3 heteroatoms. The van der Waals surface area contributed by atoms with Gasteiger partial charge in [0.15, 0.2) is 0 Å². The molecule has 1 aromatic heterocycles. The van der Waals surface area contributed by atoms with Crippen molar-refractivity contribution in [3.8, 4) is 0 Å². The maximum absolute atomic E-state index is 5.63. The van der Waals surface area contributed by atoms with E-state index in [4.69, 9.17) is 15.7 Å². The first-order valence-electron chi connectivity index (χ1n) is 3.63. The Hall–Kier alpha value is -0.720. The minimum absolute atomic E-state index is 0.406. The monoisotopic (exact) mass is 141 g/mol. The molecular formula is C8H9B2N. The summed E-state index contributed by atoms with van der Waals surface area (Å²) in [5, 5.41) is 0. The van der Waals surface area contributed by atoms with Gasteiger partial charge in [-0.1, -0.05) is 26.0 Å². The van der Waals surface area contributed by atoms with Crippen LogP contribution in [0.1, 0.15) is 25.3 Å². The number of rotatable bonds is 1. The van der Waals surface area contributed by atoms with E-state index in [-0.39, 0.29) is 0 Å². The highest BCUT2D eigenvalue weighted by atomic mass is 14.7. The lowest BCUT2D eigenvalue weighted by atomic mass is 9.88. The largest absolute Gasteiger partial charge is 0.281 e. The molecule has 0 bridgehead atoms. The van der Waals surface area contributed by atoms with Gasteiger partial charge in [-0.05, 0) is 22.7 Å². The number of hydrogen-bond acceptors (Lipinski definition) is 1. The van der Waals surface area contributed by atoms with Gasteiger partial charge in [-0.2, -0.15) is 0 Å². The fourth-order valence-electron chi connectivity index (χ4n) is 0.990. The Bertz CT molecular complexity index is 258. The Labute approximate surface area is 70.0 Å². The standard InChI is InChI=1S/C8H9B2N/c1-5(2)6-3-4-7(9)11-8(6)10/h3-5H,1-2H3. The van der Waals surface area contributed by atoms with Gasteiger partial charge in [0.2, 0.25) is 0 Å². The third kappa shape index (κ3) is 1.86. The van der Waals surface area contributed by atoms with E-state index in [0.717, 1.165) is 5.56 Å². The number of hydrogen-bond donors (Lipinski definition) is 0. The van der Waals surface area contributed by atoms with Crippen molar-refractivity contribution in [2.45, 2.75) is 19.8 Å². The lowest BCUT2D eigenvalue weighted by Gasteiger charge is -2.09. The van der Waals surface area contributed by atoms with Gasteiger partial charge in [0.1, 0.15) is 15.7 Å². The second-order valence-electron chi connectivity index (χ2n) is 2.87. The molecule has 0 atom stereocenters. The normalized spacial score (nSPS) is 10.5. The quantitative estimate of drug-likeness (QED) is 0.493. The van der Waals surface area contributed by atoms with Crippen LogP contribution in [0.15, 0.2) is 12.1 Å². The van der Waals surface area contributed by atoms with Crippen LogP contribution in [0, 0.1) is 0 Å². The van der Waals surface area contributed by atoms with E-state index in [2.05, 4.69) is 18.8 Å². The molecule has 0 amide bonds. The lowest BCUT2D eigenvalue weighted by molar-refractivity contribution is 0.869. The smallest absolute Gasteiger partial charge is 0.142 e. The zero-order valence-electron chi connectivity index (χ0n) is 6.83. The zero-order chi connectivity index (χ0) is 8.43. The topological polar surface area (TPSA) is 12.9 Å². The molecule has 52 valence electrons. The first-order chi connectivity index (χ1) is 5.11. The van der Waals surface area contributed by atoms with Crippen LogP contribution >= 0.6 is 0 Å². The second-order valence-corrected chi connectivity index (χ2v) is 2.87. The highest BCUT2D eigenvalue weighted by Gasteiger charge is 2.02. The van der Waals surface area contributed by atoms with Crippen molar-refractivity contribution >= 4 is 26.9 Å². The van der Waals surface area contributed by atoms with Crippen molar-refractivity contribution < 1.29 is 0 Å². The molecule has 0 saturated carbocycles. The lowest BCUT2D eigenvalue weighted by Crippen LogP contribution is -2.24. The Morgan fingerprint density at radius 1 is 1.27 bits per heavy atom. The summed E-state index contributed by atoms with van der Waals surface area (Å²) >= 11 is 0. The first kappa shape index (κ1) is 8.38. The van der Waals surface area contributed by atoms with E-state index < -0.39 is 0 Å². The van der Waals surface area contributed by atoms with Crippen molar-refractivity contribution in [1.29, 1.82) is 0 Å². The molecule has 0 aromatic carbocycles. The summed E-state index contributed by atoms with van der Waals surface area (Å²) in [5.41, 5.74) is 2.08. The summed E-state index contributed by atoms with van der Waals surface area (Å²) in [5.74, 6) is 0.406. The fraction of sp³-hybridized carbons (Fsp3) is 0.375. The maximum atomic E-state index is 5.63. The third-order valence-corrected chi connectivity index (χ3v) is 1.60. The average Bonchev–Trinajstić information content (AvgIpc) is 1.85. The minimum Gasteiger partial charge on any atom is -0.281 e. The van der Waals surface area contributed by atoms with Crippen LogP contribution in [-0.4, -0.2) is 20.7 Å². The highest BCUT2D eigenvalue weighted by Crippen LogP contribution is 2.07. The Morgan fingerprint density at radius 2 is 1.91 bits per heavy atom. The van der Waals surface area contributed by atoms with Gasteiger partial charge >= 0.3 is 0 Å². The fourth-order valence-corrected chi connectivity index (χ4v) is 0.990. The molecule has 4 radical (unpaired) electrons. The van der Waals surface area contributed by atoms with Gasteiger partial charge in [-0.15, -0.1) is 0 Å². The summed E-state index contributed by atoms with van der Waals surface area (Å²) < 4.78 is 0. The van der Waals surface area contributed by atoms with Crippen molar-refractivity contribution in [3.63, 3.8) is 0 Å². The number of nitrogens with zero attached hydrogens (tertiary/aromatic N) is 1. The van der Waals surface area contributed by atoms with Crippen LogP contribution in [0.5, 0.6) is 0 Å². The van der Waals surface area contributed by atoms with Gasteiger partial charge in [0.25, 0.3) is 0 Å². The molecule has 0 spiro atoms. The van der Waals surface area contributed by atoms with E-state index in [1.165, 1.54) is 0 Å². The van der Waals surface area contributed by atoms with Crippen molar-refractivity contribution in [2.24, 2.45) is 0 Å². The molecule has 0 aliphatic rings. The van der Waals surface area contributed by atoms with Gasteiger partial charge in [0, 0.05) is 0 Å². The molecule has 1 rings (SSSR count). The summed E-state index contributed by atoms with van der Waals surface area (Å²) in [6.45, 7) is 4.15. The second kappa shape index (κ2) is 3.12. The summed E-state index contributed by atoms with van der Waals surface area (Å²) in [4.78, 5) is 3.95. The first-order valence-corrected chi connectivity index (χ1v) is 3.63. The van der Waals surface area contributed by atoms with Gasteiger partial charge in [-0.3, -0.25) is 4.98 Å². The molecule has 1 nitrogen and oxygen atoms in total. The molecule has 0 aliphatic carbocycles. The van der Waals surface area contributed by atoms with E-state index in [9.17, 15) is 0 Å². The van der Waals surface area contributed by atoms with Crippen LogP contribution in [0.25, 0.3) is 0 Å². The van der Waals surface area contributed by atoms with Crippen molar-refractivity contribution in [2.75, 3.05) is 0 Å². The van der Waals surface area contributed by atoms with E-state index in [0.29, 0.717) is 17.1 Å². The van der Waals surface area contributed by atoms with Crippen LogP contribution in [0.2, 0.25) is 0 Å². The van der Waals surface area contributed by atoms with E-state index in [1.54, 1.807) is 6.07 Å². The molecule has 0 unspecified atom stereocenters. The zero-order valence-corrected chi connectivity index (χ0v) is 6.83. The molecule has 0 saturated heterocycles. The summed E-state index contributed by atoms with van der Waals surface area (Å²) in [6, 6.07) is 3.69. The van der Waals surface area contributed by atoms with Gasteiger partial charge in [0.05, 0.1) is 0 Å². The maximum Gasteiger partial charge on any atom is 0.142 e. The van der Waals surface area contributed by atoms with Gasteiger partial charge in [-0.25, -0.2) is 0 Å². The Kier molecular flexibility index (Phi) is 2.38. The van der Waals surface area contributed by atoms with Crippen molar-refractivity contribution in [1.82, 2.24) is 4.98 Å². The summed E-state index contributed by atoms with van der Waals surface area (Å²) in [7, 11) is 11.1. The van der Waals surface area contributed by atoms with E-state index in [1.807, 2.05) is 6.07 Å². The van der Waals surface area contributed by atoms with E-state index >= 15 is 0 Å². The highest BCUT2D eigenvalue weighted by molar-refractivity contribution is 6.35. The molecule has 0 fully saturated rings. The molecular weight excluding hydrogens is 132 g/mol. The number of aromatic nitrogens is 1. The molecule has 1 heterocycles. The van der Waals surface area contributed by atoms with Crippen LogP contribution in [0.4, 0.5) is 0 Å². The summed E-state index contributed by atoms with van der Waals surface area (Å²) in [6.07, 6.45) is 0. The number of pyridine rings is 1. The minimum atomic E-state index is 0.406. The van der Waals surface area contributed by atoms with Crippen molar-refractivity contribution in [3.05, 3.63) is 17.7 Å². The Morgan fingerprint density at radius 3 is 2.36 bits per heavy atom. The molecule has 1 aromatic rings. The molecule has 11 heavy (non-hydrogen) atoms. The average molecular weight is 141 g/mol. The molecule has 0 N–H and O–H groups in total. The van der Waals surface area contributed by atoms with Gasteiger partial charge < -0.3 is 0 Å². The third-order valence-electron chi connectivity index (χ3n) is 1.60. The SMILES string of the molecule is [B]c1ccc(C(C)C)c([B])n1. The predicted molar refractivity (Wildman–Crippen MR) is 49.1 cm³/mol. The van der Waals surface area contributed by atoms with Crippen LogP contribution < -0.4 is 11.2 Å². The van der Waals surface area contributed by atoms with Crippen LogP contribution in [-0.2, 0) is 0 Å².